The molecule has 1 aliphatic heterocycles. The number of H-pyrrole nitrogens is 1. The predicted molar refractivity (Wildman–Crippen MR) is 68.9 cm³/mol. The molecule has 3 atom stereocenters. The van der Waals surface area contributed by atoms with E-state index in [0.717, 1.165) is 11.2 Å². The van der Waals surface area contributed by atoms with Crippen molar-refractivity contribution in [3.63, 3.8) is 0 Å². The number of aryl methyl sites for hydroxylation is 1. The summed E-state index contributed by atoms with van der Waals surface area (Å²) in [7, 11) is 0. The molecular formula is C13H16N2O4. The summed E-state index contributed by atoms with van der Waals surface area (Å²) in [6.07, 6.45) is 0.573. The lowest BCUT2D eigenvalue weighted by atomic mass is 10.2. The molecule has 0 aliphatic carbocycles. The monoisotopic (exact) mass is 264 g/mol. The van der Waals surface area contributed by atoms with Gasteiger partial charge >= 0.3 is 0 Å². The Morgan fingerprint density at radius 1 is 1.58 bits per heavy atom. The van der Waals surface area contributed by atoms with E-state index >= 15 is 0 Å². The third-order valence-electron chi connectivity index (χ3n) is 3.56. The largest absolute Gasteiger partial charge is 0.394 e. The molecule has 1 aliphatic rings. The number of aliphatic hydroxyl groups excluding tert-OH is 2. The van der Waals surface area contributed by atoms with Crippen LogP contribution >= 0.6 is 0 Å². The van der Waals surface area contributed by atoms with Crippen LogP contribution in [0.5, 0.6) is 0 Å². The molecule has 0 spiro atoms. The van der Waals surface area contributed by atoms with Gasteiger partial charge in [-0.15, -0.1) is 0 Å². The van der Waals surface area contributed by atoms with E-state index in [1.165, 1.54) is 0 Å². The molecule has 0 saturated carbocycles. The highest BCUT2D eigenvalue weighted by Crippen LogP contribution is 2.31. The van der Waals surface area contributed by atoms with Crippen LogP contribution in [0.2, 0.25) is 0 Å². The fraction of sp³-hybridized carbons (Fsp3) is 0.462. The summed E-state index contributed by atoms with van der Waals surface area (Å²) < 4.78 is 7.44. The second kappa shape index (κ2) is 4.48. The minimum atomic E-state index is -0.685. The number of aromatic nitrogens is 2. The molecule has 6 heteroatoms. The molecule has 102 valence electrons. The van der Waals surface area contributed by atoms with E-state index in [0.29, 0.717) is 11.8 Å². The first kappa shape index (κ1) is 12.4. The molecule has 1 fully saturated rings. The van der Waals surface area contributed by atoms with E-state index < -0.39 is 12.2 Å². The van der Waals surface area contributed by atoms with Crippen LogP contribution in [0.3, 0.4) is 0 Å². The molecule has 6 nitrogen and oxygen atoms in total. The average molecular weight is 264 g/mol. The zero-order chi connectivity index (χ0) is 13.6. The lowest BCUT2D eigenvalue weighted by molar-refractivity contribution is -0.0429. The second-order valence-corrected chi connectivity index (χ2v) is 4.92. The third-order valence-corrected chi connectivity index (χ3v) is 3.56. The maximum Gasteiger partial charge on any atom is 0.257 e. The first-order chi connectivity index (χ1) is 9.10. The number of aromatic amines is 1. The molecule has 3 N–H and O–H groups in total. The molecule has 1 saturated heterocycles. The van der Waals surface area contributed by atoms with Crippen LogP contribution in [0.4, 0.5) is 0 Å². The van der Waals surface area contributed by atoms with Gasteiger partial charge in [-0.05, 0) is 19.1 Å². The van der Waals surface area contributed by atoms with Gasteiger partial charge in [-0.3, -0.25) is 4.79 Å². The van der Waals surface area contributed by atoms with Crippen LogP contribution in [0.1, 0.15) is 18.3 Å². The van der Waals surface area contributed by atoms with Gasteiger partial charge in [-0.2, -0.15) is 0 Å². The highest BCUT2D eigenvalue weighted by atomic mass is 16.5. The lowest BCUT2D eigenvalue weighted by Gasteiger charge is -2.15. The van der Waals surface area contributed by atoms with Crippen molar-refractivity contribution < 1.29 is 14.9 Å². The molecule has 0 amide bonds. The van der Waals surface area contributed by atoms with Crippen LogP contribution in [-0.2, 0) is 4.74 Å². The van der Waals surface area contributed by atoms with Crippen LogP contribution in [0.25, 0.3) is 10.9 Å². The average Bonchev–Trinajstić information content (AvgIpc) is 2.92. The summed E-state index contributed by atoms with van der Waals surface area (Å²) in [5.74, 6) is 0. The lowest BCUT2D eigenvalue weighted by Crippen LogP contribution is -2.24. The fourth-order valence-electron chi connectivity index (χ4n) is 2.59. The smallest absolute Gasteiger partial charge is 0.257 e. The summed E-state index contributed by atoms with van der Waals surface area (Å²) in [4.78, 5) is 14.6. The highest BCUT2D eigenvalue weighted by Gasteiger charge is 2.34. The number of rotatable bonds is 2. The zero-order valence-corrected chi connectivity index (χ0v) is 10.5. The van der Waals surface area contributed by atoms with E-state index in [4.69, 9.17) is 9.84 Å². The Kier molecular flexibility index (Phi) is 2.93. The Labute approximate surface area is 109 Å². The number of hydrogen-bond acceptors (Lipinski definition) is 4. The first-order valence-electron chi connectivity index (χ1n) is 6.25. The maximum atomic E-state index is 11.8. The van der Waals surface area contributed by atoms with E-state index in [-0.39, 0.29) is 18.4 Å². The Balaban J connectivity index is 2.05. The number of hydrogen-bond donors (Lipinski definition) is 3. The van der Waals surface area contributed by atoms with E-state index in [9.17, 15) is 9.90 Å². The molecule has 0 bridgehead atoms. The van der Waals surface area contributed by atoms with Crippen molar-refractivity contribution in [3.05, 3.63) is 34.4 Å². The van der Waals surface area contributed by atoms with Crippen LogP contribution < -0.4 is 5.56 Å². The number of pyridine rings is 1. The Bertz CT molecular complexity index is 660. The maximum absolute atomic E-state index is 11.8. The van der Waals surface area contributed by atoms with Gasteiger partial charge in [0.25, 0.3) is 5.56 Å². The van der Waals surface area contributed by atoms with E-state index in [1.807, 2.05) is 17.6 Å². The van der Waals surface area contributed by atoms with Gasteiger partial charge in [0.05, 0.1) is 23.6 Å². The normalized spacial score (nSPS) is 27.2. The summed E-state index contributed by atoms with van der Waals surface area (Å²) in [6, 6.07) is 3.61. The van der Waals surface area contributed by atoms with Crippen LogP contribution in [0.15, 0.2) is 23.1 Å². The van der Waals surface area contributed by atoms with Gasteiger partial charge in [0.2, 0.25) is 0 Å². The molecule has 2 aromatic rings. The summed E-state index contributed by atoms with van der Waals surface area (Å²) in [5.41, 5.74) is 1.41. The zero-order valence-electron chi connectivity index (χ0n) is 10.5. The standard InChI is InChI=1S/C13H16N2O4/c1-7-4-9-8(13(18)14-7)2-3-15(9)12-5-10(17)11(6-16)19-12/h2-4,10-12,16-17H,5-6H2,1H3,(H,14,18)/t10-,11?,12?/m1/s1. The first-order valence-corrected chi connectivity index (χ1v) is 6.25. The Morgan fingerprint density at radius 2 is 2.37 bits per heavy atom. The highest BCUT2D eigenvalue weighted by molar-refractivity contribution is 5.79. The SMILES string of the molecule is Cc1cc2c(ccn2C2C[C@@H](O)C(CO)O2)c(=O)[nH]1. The Hall–Kier alpha value is -1.63. The Morgan fingerprint density at radius 3 is 3.05 bits per heavy atom. The summed E-state index contributed by atoms with van der Waals surface area (Å²) in [6.45, 7) is 1.61. The van der Waals surface area contributed by atoms with Gasteiger partial charge in [0.15, 0.2) is 0 Å². The molecule has 19 heavy (non-hydrogen) atoms. The van der Waals surface area contributed by atoms with Crippen molar-refractivity contribution >= 4 is 10.9 Å². The van der Waals surface area contributed by atoms with Crippen LogP contribution in [0, 0.1) is 6.92 Å². The van der Waals surface area contributed by atoms with Gasteiger partial charge in [-0.25, -0.2) is 0 Å². The van der Waals surface area contributed by atoms with Crippen molar-refractivity contribution in [2.45, 2.75) is 31.8 Å². The number of nitrogens with one attached hydrogen (secondary N) is 1. The van der Waals surface area contributed by atoms with E-state index in [2.05, 4.69) is 4.98 Å². The van der Waals surface area contributed by atoms with Crippen molar-refractivity contribution in [1.82, 2.24) is 9.55 Å². The van der Waals surface area contributed by atoms with Crippen molar-refractivity contribution in [3.8, 4) is 0 Å². The quantitative estimate of drug-likeness (QED) is 0.727. The second-order valence-electron chi connectivity index (χ2n) is 4.92. The minimum Gasteiger partial charge on any atom is -0.394 e. The summed E-state index contributed by atoms with van der Waals surface area (Å²) >= 11 is 0. The third kappa shape index (κ3) is 1.98. The molecule has 0 radical (unpaired) electrons. The molecular weight excluding hydrogens is 248 g/mol. The molecule has 3 heterocycles. The minimum absolute atomic E-state index is 0.133. The van der Waals surface area contributed by atoms with Crippen LogP contribution in [-0.4, -0.2) is 38.6 Å². The number of ether oxygens (including phenoxy) is 1. The predicted octanol–water partition coefficient (Wildman–Crippen LogP) is 0.279. The molecule has 3 rings (SSSR count). The number of aliphatic hydroxyl groups is 2. The molecule has 2 aromatic heterocycles. The molecule has 0 aromatic carbocycles. The van der Waals surface area contributed by atoms with Gasteiger partial charge in [0.1, 0.15) is 12.3 Å². The van der Waals surface area contributed by atoms with Gasteiger partial charge < -0.3 is 24.5 Å². The number of fused-ring (bicyclic) bond motifs is 1. The van der Waals surface area contributed by atoms with Crippen molar-refractivity contribution in [1.29, 1.82) is 0 Å². The van der Waals surface area contributed by atoms with Gasteiger partial charge in [-0.1, -0.05) is 0 Å². The van der Waals surface area contributed by atoms with Crippen molar-refractivity contribution in [2.24, 2.45) is 0 Å². The van der Waals surface area contributed by atoms with E-state index in [1.54, 1.807) is 12.3 Å². The number of nitrogens with zero attached hydrogens (tertiary/aromatic N) is 1. The van der Waals surface area contributed by atoms with Gasteiger partial charge in [0, 0.05) is 18.3 Å². The fourth-order valence-corrected chi connectivity index (χ4v) is 2.59. The molecule has 2 unspecified atom stereocenters. The van der Waals surface area contributed by atoms with Crippen molar-refractivity contribution in [2.75, 3.05) is 6.61 Å². The topological polar surface area (TPSA) is 87.5 Å². The summed E-state index contributed by atoms with van der Waals surface area (Å²) in [5, 5.41) is 19.5.